The lowest BCUT2D eigenvalue weighted by Crippen LogP contribution is -2.45. The largest absolute Gasteiger partial charge is 0.490 e. The van der Waals surface area contributed by atoms with Gasteiger partial charge in [-0.2, -0.15) is 0 Å². The number of methoxy groups -OCH3 is 1. The van der Waals surface area contributed by atoms with Gasteiger partial charge in [-0.3, -0.25) is 4.99 Å². The van der Waals surface area contributed by atoms with E-state index < -0.39 is 0 Å². The molecule has 1 atom stereocenters. The second-order valence-electron chi connectivity index (χ2n) is 7.20. The minimum Gasteiger partial charge on any atom is -0.490 e. The number of guanidine groups is 1. The quantitative estimate of drug-likeness (QED) is 0.558. The van der Waals surface area contributed by atoms with Gasteiger partial charge >= 0.3 is 0 Å². The summed E-state index contributed by atoms with van der Waals surface area (Å²) in [5, 5.41) is 6.48. The van der Waals surface area contributed by atoms with Crippen LogP contribution >= 0.6 is 0 Å². The van der Waals surface area contributed by atoms with Crippen molar-refractivity contribution in [3.8, 4) is 5.75 Å². The zero-order valence-electron chi connectivity index (χ0n) is 15.9. The van der Waals surface area contributed by atoms with Crippen molar-refractivity contribution in [1.29, 1.82) is 0 Å². The predicted molar refractivity (Wildman–Crippen MR) is 98.6 cm³/mol. The molecule has 0 spiro atoms. The Bertz CT molecular complexity index is 600. The molecule has 0 aromatic heterocycles. The van der Waals surface area contributed by atoms with Gasteiger partial charge in [-0.25, -0.2) is 4.39 Å². The molecule has 2 rings (SSSR count). The first-order chi connectivity index (χ1) is 11.8. The fourth-order valence-electron chi connectivity index (χ4n) is 2.25. The molecule has 0 amide bonds. The van der Waals surface area contributed by atoms with Gasteiger partial charge in [0.1, 0.15) is 0 Å². The zero-order valence-corrected chi connectivity index (χ0v) is 15.9. The van der Waals surface area contributed by atoms with Gasteiger partial charge in [0.05, 0.1) is 18.2 Å². The Hall–Kier alpha value is -1.82. The van der Waals surface area contributed by atoms with Crippen LogP contribution in [-0.2, 0) is 4.74 Å². The molecule has 1 aromatic rings. The minimum absolute atomic E-state index is 0.0937. The summed E-state index contributed by atoms with van der Waals surface area (Å²) in [7, 11) is 3.38. The Morgan fingerprint density at radius 1 is 1.40 bits per heavy atom. The summed E-state index contributed by atoms with van der Waals surface area (Å²) < 4.78 is 25.2. The van der Waals surface area contributed by atoms with Crippen LogP contribution in [0.3, 0.4) is 0 Å². The van der Waals surface area contributed by atoms with Crippen LogP contribution in [0, 0.1) is 11.7 Å². The van der Waals surface area contributed by atoms with E-state index in [0.29, 0.717) is 30.8 Å². The molecule has 2 N–H and O–H groups in total. The second-order valence-corrected chi connectivity index (χ2v) is 7.20. The summed E-state index contributed by atoms with van der Waals surface area (Å²) in [6.45, 7) is 7.17. The molecule has 0 saturated heterocycles. The smallest absolute Gasteiger partial charge is 0.191 e. The van der Waals surface area contributed by atoms with Gasteiger partial charge in [0, 0.05) is 20.7 Å². The van der Waals surface area contributed by atoms with Gasteiger partial charge in [0.15, 0.2) is 17.5 Å². The molecule has 1 unspecified atom stereocenters. The van der Waals surface area contributed by atoms with Crippen LogP contribution in [0.4, 0.5) is 4.39 Å². The maximum atomic E-state index is 14.2. The van der Waals surface area contributed by atoms with Crippen molar-refractivity contribution in [2.45, 2.75) is 45.3 Å². The summed E-state index contributed by atoms with van der Waals surface area (Å²) in [6.07, 6.45) is 2.37. The molecule has 140 valence electrons. The number of aliphatic imine (C=N–C) groups is 1. The lowest BCUT2D eigenvalue weighted by atomic mass is 10.1. The number of nitrogens with zero attached hydrogens (tertiary/aromatic N) is 1. The molecule has 6 heteroatoms. The standard InChI is InChI=1S/C19H30FN3O2/c1-13(23-18(21-4)22-12-19(2,3)24-5)15-8-9-17(16(20)10-15)25-11-14-6-7-14/h8-10,13-14H,6-7,11-12H2,1-5H3,(H2,21,22,23). The molecular formula is C19H30FN3O2. The molecule has 0 aliphatic heterocycles. The lowest BCUT2D eigenvalue weighted by Gasteiger charge is -2.25. The van der Waals surface area contributed by atoms with E-state index in [1.807, 2.05) is 26.8 Å². The predicted octanol–water partition coefficient (Wildman–Crippen LogP) is 3.27. The number of benzene rings is 1. The number of halogens is 1. The summed E-state index contributed by atoms with van der Waals surface area (Å²) in [5.41, 5.74) is 0.540. The van der Waals surface area contributed by atoms with E-state index in [-0.39, 0.29) is 17.5 Å². The fraction of sp³-hybridized carbons (Fsp3) is 0.632. The van der Waals surface area contributed by atoms with Crippen molar-refractivity contribution >= 4 is 5.96 Å². The van der Waals surface area contributed by atoms with Crippen LogP contribution in [-0.4, -0.2) is 38.9 Å². The van der Waals surface area contributed by atoms with Gasteiger partial charge in [-0.15, -0.1) is 0 Å². The first kappa shape index (κ1) is 19.5. The van der Waals surface area contributed by atoms with Crippen molar-refractivity contribution in [3.05, 3.63) is 29.6 Å². The first-order valence-electron chi connectivity index (χ1n) is 8.79. The number of hydrogen-bond donors (Lipinski definition) is 2. The van der Waals surface area contributed by atoms with E-state index in [0.717, 1.165) is 5.56 Å². The topological polar surface area (TPSA) is 54.9 Å². The second kappa shape index (κ2) is 8.52. The summed E-state index contributed by atoms with van der Waals surface area (Å²) in [5.74, 6) is 1.25. The lowest BCUT2D eigenvalue weighted by molar-refractivity contribution is 0.0268. The van der Waals surface area contributed by atoms with Crippen molar-refractivity contribution in [1.82, 2.24) is 10.6 Å². The monoisotopic (exact) mass is 351 g/mol. The van der Waals surface area contributed by atoms with E-state index in [1.165, 1.54) is 18.9 Å². The molecular weight excluding hydrogens is 321 g/mol. The third kappa shape index (κ3) is 6.20. The Morgan fingerprint density at radius 2 is 2.12 bits per heavy atom. The van der Waals surface area contributed by atoms with Crippen LogP contribution < -0.4 is 15.4 Å². The maximum Gasteiger partial charge on any atom is 0.191 e. The third-order valence-electron chi connectivity index (χ3n) is 4.44. The highest BCUT2D eigenvalue weighted by Crippen LogP contribution is 2.30. The highest BCUT2D eigenvalue weighted by molar-refractivity contribution is 5.80. The van der Waals surface area contributed by atoms with Crippen molar-refractivity contribution in [3.63, 3.8) is 0 Å². The zero-order chi connectivity index (χ0) is 18.4. The Morgan fingerprint density at radius 3 is 2.68 bits per heavy atom. The van der Waals surface area contributed by atoms with Gasteiger partial charge in [0.25, 0.3) is 0 Å². The molecule has 0 heterocycles. The van der Waals surface area contributed by atoms with Gasteiger partial charge in [-0.05, 0) is 57.2 Å². The number of rotatable bonds is 8. The van der Waals surface area contributed by atoms with Crippen LogP contribution in [0.2, 0.25) is 0 Å². The van der Waals surface area contributed by atoms with Gasteiger partial charge in [-0.1, -0.05) is 6.07 Å². The molecule has 0 radical (unpaired) electrons. The van der Waals surface area contributed by atoms with E-state index in [4.69, 9.17) is 9.47 Å². The Kier molecular flexibility index (Phi) is 6.64. The van der Waals surface area contributed by atoms with E-state index in [2.05, 4.69) is 15.6 Å². The van der Waals surface area contributed by atoms with Crippen molar-refractivity contribution in [2.24, 2.45) is 10.9 Å². The van der Waals surface area contributed by atoms with Gasteiger partial charge < -0.3 is 20.1 Å². The van der Waals surface area contributed by atoms with E-state index in [1.54, 1.807) is 20.2 Å². The van der Waals surface area contributed by atoms with E-state index >= 15 is 0 Å². The SMILES string of the molecule is CN=C(NCC(C)(C)OC)NC(C)c1ccc(OCC2CC2)c(F)c1. The summed E-state index contributed by atoms with van der Waals surface area (Å²) in [6, 6.07) is 5.01. The maximum absolute atomic E-state index is 14.2. The van der Waals surface area contributed by atoms with Crippen LogP contribution in [0.5, 0.6) is 5.75 Å². The third-order valence-corrected chi connectivity index (χ3v) is 4.44. The highest BCUT2D eigenvalue weighted by atomic mass is 19.1. The number of hydrogen-bond acceptors (Lipinski definition) is 3. The molecule has 1 aliphatic carbocycles. The molecule has 5 nitrogen and oxygen atoms in total. The molecule has 25 heavy (non-hydrogen) atoms. The number of ether oxygens (including phenoxy) is 2. The van der Waals surface area contributed by atoms with Gasteiger partial charge in [0.2, 0.25) is 0 Å². The average Bonchev–Trinajstić information content (AvgIpc) is 3.41. The Balaban J connectivity index is 1.91. The van der Waals surface area contributed by atoms with E-state index in [9.17, 15) is 4.39 Å². The molecule has 1 fully saturated rings. The Labute approximate surface area is 150 Å². The first-order valence-corrected chi connectivity index (χ1v) is 8.79. The molecule has 1 saturated carbocycles. The van der Waals surface area contributed by atoms with Crippen LogP contribution in [0.15, 0.2) is 23.2 Å². The summed E-state index contributed by atoms with van der Waals surface area (Å²) >= 11 is 0. The highest BCUT2D eigenvalue weighted by Gasteiger charge is 2.23. The molecule has 1 aliphatic rings. The molecule has 1 aromatic carbocycles. The fourth-order valence-corrected chi connectivity index (χ4v) is 2.25. The molecule has 0 bridgehead atoms. The van der Waals surface area contributed by atoms with Crippen molar-refractivity contribution < 1.29 is 13.9 Å². The normalized spacial score (nSPS) is 16.5. The summed E-state index contributed by atoms with van der Waals surface area (Å²) in [4.78, 5) is 4.21. The number of nitrogens with one attached hydrogen (secondary N) is 2. The minimum atomic E-state index is -0.324. The average molecular weight is 351 g/mol. The van der Waals surface area contributed by atoms with Crippen LogP contribution in [0.1, 0.15) is 45.2 Å². The van der Waals surface area contributed by atoms with Crippen molar-refractivity contribution in [2.75, 3.05) is 27.3 Å². The van der Waals surface area contributed by atoms with Crippen LogP contribution in [0.25, 0.3) is 0 Å².